The van der Waals surface area contributed by atoms with Crippen LogP contribution in [0.1, 0.15) is 0 Å². The molecule has 76 valence electrons. The first-order chi connectivity index (χ1) is 3.83. The molecule has 0 unspecified atom stereocenters. The van der Waals surface area contributed by atoms with Crippen LogP contribution in [0.3, 0.4) is 0 Å². The molecule has 0 aromatic heterocycles. The molecule has 12 heavy (non-hydrogen) atoms. The van der Waals surface area contributed by atoms with Crippen molar-refractivity contribution in [2.75, 3.05) is 7.05 Å². The molecule has 0 rings (SSSR count). The summed E-state index contributed by atoms with van der Waals surface area (Å²) in [5.41, 5.74) is 32.8. The summed E-state index contributed by atoms with van der Waals surface area (Å²) in [5, 5.41) is 0. The summed E-state index contributed by atoms with van der Waals surface area (Å²) in [6.07, 6.45) is 0. The van der Waals surface area contributed by atoms with Gasteiger partial charge in [0.1, 0.15) is 0 Å². The number of hydrogen-bond acceptors (Lipinski definition) is 0. The molecule has 0 atom stereocenters. The predicted molar refractivity (Wildman–Crippen MR) is 42.9 cm³/mol. The first-order valence-corrected chi connectivity index (χ1v) is 1.30. The Morgan fingerprint density at radius 2 is 0.833 bits per heavy atom. The van der Waals surface area contributed by atoms with Crippen LogP contribution in [0, 0.1) is 0 Å². The zero-order chi connectivity index (χ0) is 7.41. The van der Waals surface area contributed by atoms with Gasteiger partial charge >= 0.3 is 21.1 Å². The van der Waals surface area contributed by atoms with Gasteiger partial charge in [-0.1, -0.05) is 0 Å². The van der Waals surface area contributed by atoms with Gasteiger partial charge in [0.2, 0.25) is 0 Å². The summed E-state index contributed by atoms with van der Waals surface area (Å²) in [6.45, 7) is 0. The Kier molecular flexibility index (Phi) is 3580. The molecule has 0 amide bonds. The number of nitrogens with zero attached hydrogens (tertiary/aromatic N) is 6. The Bertz CT molecular complexity index is 71.1. The number of nitrogens with two attached hydrogens (primary N) is 1. The quantitative estimate of drug-likeness (QED) is 0.338. The molecular weight excluding hydrogens is 351 g/mol. The molecule has 0 aromatic rings. The predicted octanol–water partition coefficient (Wildman–Crippen LogP) is 1.47. The molecule has 0 aliphatic heterocycles. The first-order valence-electron chi connectivity index (χ1n) is 1.30. The van der Waals surface area contributed by atoms with Crippen molar-refractivity contribution in [3.05, 3.63) is 43.8 Å². The van der Waals surface area contributed by atoms with Crippen molar-refractivity contribution in [1.82, 2.24) is 0 Å². The maximum atomic E-state index is 6.75. The fourth-order valence-corrected chi connectivity index (χ4v) is 0. The van der Waals surface area contributed by atoms with Crippen molar-refractivity contribution in [3.63, 3.8) is 0 Å². The minimum absolute atomic E-state index is 0. The molecule has 7 N–H and O–H groups in total. The third-order valence-electron chi connectivity index (χ3n) is 0. The maximum Gasteiger partial charge on any atom is 4.00 e. The van der Waals surface area contributed by atoms with Crippen LogP contribution in [0.25, 0.3) is 43.8 Å². The molecule has 0 aromatic carbocycles. The molecule has 0 bridgehead atoms. The fourth-order valence-electron chi connectivity index (χ4n) is 0. The van der Waals surface area contributed by atoms with Crippen LogP contribution in [-0.2, 0) is 21.1 Å². The van der Waals surface area contributed by atoms with E-state index in [-0.39, 0.29) is 38.2 Å². The Balaban J connectivity index is -0.00000000544. The summed E-state index contributed by atoms with van der Waals surface area (Å²) in [6, 6.07) is 0. The first kappa shape index (κ1) is 66.7. The fraction of sp³-hybridized carbons (Fsp3) is 1.00. The van der Waals surface area contributed by atoms with E-state index >= 15 is 0 Å². The second kappa shape index (κ2) is 644. The third kappa shape index (κ3) is 837. The Labute approximate surface area is 83.4 Å². The average molecular weight is 361 g/mol. The zero-order valence-corrected chi connectivity index (χ0v) is 8.35. The van der Waals surface area contributed by atoms with E-state index in [1.54, 1.807) is 0 Å². The summed E-state index contributed by atoms with van der Waals surface area (Å²) >= 11 is 0. The summed E-state index contributed by atoms with van der Waals surface area (Å²) in [4.78, 5) is 3.00. The number of hydrogen-bond donors (Lipinski definition) is 0. The summed E-state index contributed by atoms with van der Waals surface area (Å²) < 4.78 is 0. The third-order valence-corrected chi connectivity index (χ3v) is 0. The van der Waals surface area contributed by atoms with E-state index in [4.69, 9.17) is 27.9 Å². The smallest absolute Gasteiger partial charge is 0.693 e. The molecule has 0 heterocycles. The molecule has 0 saturated carbocycles. The molecular formula is CH10N8O2Pt. The Morgan fingerprint density at radius 3 is 0.833 bits per heavy atom. The summed E-state index contributed by atoms with van der Waals surface area (Å²) in [7, 11) is 1.25. The zero-order valence-electron chi connectivity index (χ0n) is 6.08. The normalized spacial score (nSPS) is 1.83. The van der Waals surface area contributed by atoms with Gasteiger partial charge in [-0.15, -0.1) is 0 Å². The van der Waals surface area contributed by atoms with Crippen LogP contribution < -0.4 is 0 Å². The minimum Gasteiger partial charge on any atom is -0.693 e. The van der Waals surface area contributed by atoms with Crippen molar-refractivity contribution >= 4 is 0 Å². The van der Waals surface area contributed by atoms with E-state index in [1.807, 2.05) is 0 Å². The van der Waals surface area contributed by atoms with Gasteiger partial charge in [-0.25, -0.2) is 0 Å². The van der Waals surface area contributed by atoms with Crippen LogP contribution in [0.4, 0.5) is 0 Å². The van der Waals surface area contributed by atoms with Crippen molar-refractivity contribution in [2.45, 2.75) is 0 Å². The van der Waals surface area contributed by atoms with E-state index in [1.165, 1.54) is 16.9 Å². The topological polar surface area (TPSA) is 238 Å². The molecule has 10 nitrogen and oxygen atoms in total. The van der Waals surface area contributed by atoms with Gasteiger partial charge in [-0.2, -0.15) is 7.05 Å². The van der Waals surface area contributed by atoms with E-state index in [0.717, 1.165) is 0 Å². The van der Waals surface area contributed by atoms with E-state index < -0.39 is 0 Å². The molecule has 0 spiro atoms. The Morgan fingerprint density at radius 1 is 0.833 bits per heavy atom. The number of rotatable bonds is 0. The SMILES string of the molecule is C[NH-].O.O.[N-]=[N+]=[N-].[N-]=[N+]=[N-].[NH2-].[Pt+4]. The van der Waals surface area contributed by atoms with Gasteiger partial charge in [0.15, 0.2) is 0 Å². The van der Waals surface area contributed by atoms with Gasteiger partial charge in [0.25, 0.3) is 0 Å². The van der Waals surface area contributed by atoms with Crippen LogP contribution >= 0.6 is 0 Å². The molecule has 0 radical (unpaired) electrons. The monoisotopic (exact) mass is 361 g/mol. The second-order valence-electron chi connectivity index (χ2n) is 0.179. The van der Waals surface area contributed by atoms with Crippen LogP contribution in [0.2, 0.25) is 0 Å². The van der Waals surface area contributed by atoms with Crippen molar-refractivity contribution in [1.29, 1.82) is 0 Å². The average Bonchev–Trinajstić information content (AvgIpc) is 1.75. The largest absolute Gasteiger partial charge is 4.00 e. The van der Waals surface area contributed by atoms with Crippen LogP contribution in [0.15, 0.2) is 0 Å². The van der Waals surface area contributed by atoms with E-state index in [0.29, 0.717) is 0 Å². The van der Waals surface area contributed by atoms with Gasteiger partial charge in [-0.05, 0) is 0 Å². The molecule has 11 heteroatoms. The second-order valence-corrected chi connectivity index (χ2v) is 0.179. The van der Waals surface area contributed by atoms with Crippen molar-refractivity contribution < 1.29 is 32.0 Å². The molecule has 0 aliphatic rings. The summed E-state index contributed by atoms with van der Waals surface area (Å²) in [5.74, 6) is 0. The van der Waals surface area contributed by atoms with Gasteiger partial charge in [0.05, 0.1) is 0 Å². The standard InChI is InChI=1S/CH4N.2N3.H2N.2H2O.Pt/c1-2;2*1-3-2;;;;/h2H,1H3;;;3*1H2;/q4*-1;;;+4. The van der Waals surface area contributed by atoms with E-state index in [2.05, 4.69) is 0 Å². The number of nitrogens with one attached hydrogen (secondary N) is 1. The molecule has 0 aliphatic carbocycles. The molecule has 0 fully saturated rings. The van der Waals surface area contributed by atoms with Crippen LogP contribution in [0.5, 0.6) is 0 Å². The van der Waals surface area contributed by atoms with Gasteiger partial charge < -0.3 is 45.0 Å². The maximum absolute atomic E-state index is 6.75. The van der Waals surface area contributed by atoms with Crippen molar-refractivity contribution in [3.8, 4) is 0 Å². The molecule has 0 saturated heterocycles. The van der Waals surface area contributed by atoms with E-state index in [9.17, 15) is 0 Å². The van der Waals surface area contributed by atoms with Gasteiger partial charge in [0, 0.05) is 0 Å². The van der Waals surface area contributed by atoms with Gasteiger partial charge in [-0.3, -0.25) is 9.82 Å². The van der Waals surface area contributed by atoms with Crippen molar-refractivity contribution in [2.24, 2.45) is 0 Å². The van der Waals surface area contributed by atoms with Crippen LogP contribution in [-0.4, -0.2) is 18.0 Å². The Hall–Kier alpha value is -0.852. The minimum atomic E-state index is 0.